The van der Waals surface area contributed by atoms with Crippen LogP contribution in [0, 0.1) is 0 Å². The van der Waals surface area contributed by atoms with Gasteiger partial charge < -0.3 is 10.5 Å². The number of nitrogen functional groups attached to an aromatic ring is 1. The summed E-state index contributed by atoms with van der Waals surface area (Å²) in [6, 6.07) is 4.64. The van der Waals surface area contributed by atoms with Crippen LogP contribution in [0.1, 0.15) is 71.1 Å². The van der Waals surface area contributed by atoms with E-state index >= 15 is 0 Å². The van der Waals surface area contributed by atoms with Crippen molar-refractivity contribution in [3.8, 4) is 5.75 Å². The summed E-state index contributed by atoms with van der Waals surface area (Å²) in [6.07, 6.45) is 14.0. The molecule has 0 saturated carbocycles. The van der Waals surface area contributed by atoms with E-state index in [0.717, 1.165) is 12.8 Å². The Hall–Kier alpha value is -1.23. The molecule has 0 heterocycles. The number of hydrogen-bond acceptors (Lipinski definition) is 4. The maximum absolute atomic E-state index is 11.5. The fraction of sp³-hybridized carbons (Fsp3) is 0.684. The molecule has 0 aliphatic heterocycles. The summed E-state index contributed by atoms with van der Waals surface area (Å²) in [7, 11) is -3.22. The first kappa shape index (κ1) is 20.8. The highest BCUT2D eigenvalue weighted by Gasteiger charge is 2.09. The predicted octanol–water partition coefficient (Wildman–Crippen LogP) is 4.97. The van der Waals surface area contributed by atoms with Gasteiger partial charge in [0.1, 0.15) is 5.75 Å². The first-order valence-corrected chi connectivity index (χ1v) is 11.1. The number of sulfone groups is 1. The van der Waals surface area contributed by atoms with E-state index in [0.29, 0.717) is 18.0 Å². The van der Waals surface area contributed by atoms with Crippen LogP contribution in [-0.4, -0.2) is 21.3 Å². The lowest BCUT2D eigenvalue weighted by Crippen LogP contribution is -2.03. The van der Waals surface area contributed by atoms with Gasteiger partial charge in [-0.2, -0.15) is 0 Å². The molecule has 0 fully saturated rings. The van der Waals surface area contributed by atoms with Crippen molar-refractivity contribution >= 4 is 15.5 Å². The SMILES string of the molecule is CCCCCCCCCCCCOc1ccc(S(C)(=O)=O)cc1N. The predicted molar refractivity (Wildman–Crippen MR) is 101 cm³/mol. The molecule has 4 nitrogen and oxygen atoms in total. The zero-order valence-corrected chi connectivity index (χ0v) is 16.0. The molecule has 1 aromatic carbocycles. The fourth-order valence-electron chi connectivity index (χ4n) is 2.66. The van der Waals surface area contributed by atoms with Crippen LogP contribution < -0.4 is 10.5 Å². The van der Waals surface area contributed by atoms with Crippen LogP contribution in [0.4, 0.5) is 5.69 Å². The van der Waals surface area contributed by atoms with Gasteiger partial charge in [0.25, 0.3) is 0 Å². The number of anilines is 1. The normalized spacial score (nSPS) is 11.6. The number of ether oxygens (including phenoxy) is 1. The molecule has 0 amide bonds. The highest BCUT2D eigenvalue weighted by atomic mass is 32.2. The smallest absolute Gasteiger partial charge is 0.175 e. The molecule has 24 heavy (non-hydrogen) atoms. The number of unbranched alkanes of at least 4 members (excludes halogenated alkanes) is 9. The van der Waals surface area contributed by atoms with Crippen molar-refractivity contribution in [1.29, 1.82) is 0 Å². The highest BCUT2D eigenvalue weighted by molar-refractivity contribution is 7.90. The van der Waals surface area contributed by atoms with Gasteiger partial charge in [-0.05, 0) is 24.6 Å². The standard InChI is InChI=1S/C19H33NO3S/c1-3-4-5-6-7-8-9-10-11-12-15-23-19-14-13-17(16-18(19)20)24(2,21)22/h13-14,16H,3-12,15,20H2,1-2H3. The van der Waals surface area contributed by atoms with Crippen LogP contribution in [0.3, 0.4) is 0 Å². The Morgan fingerprint density at radius 2 is 1.46 bits per heavy atom. The zero-order chi connectivity index (χ0) is 17.8. The van der Waals surface area contributed by atoms with Crippen LogP contribution >= 0.6 is 0 Å². The summed E-state index contributed by atoms with van der Waals surface area (Å²) < 4.78 is 28.6. The van der Waals surface area contributed by atoms with Gasteiger partial charge in [0, 0.05) is 6.26 Å². The van der Waals surface area contributed by atoms with Gasteiger partial charge in [-0.3, -0.25) is 0 Å². The van der Waals surface area contributed by atoms with E-state index in [4.69, 9.17) is 10.5 Å². The quantitative estimate of drug-likeness (QED) is 0.400. The number of rotatable bonds is 13. The zero-order valence-electron chi connectivity index (χ0n) is 15.2. The molecule has 0 aliphatic carbocycles. The van der Waals surface area contributed by atoms with Crippen LogP contribution in [0.5, 0.6) is 5.75 Å². The van der Waals surface area contributed by atoms with Crippen molar-refractivity contribution in [3.63, 3.8) is 0 Å². The lowest BCUT2D eigenvalue weighted by atomic mass is 10.1. The Morgan fingerprint density at radius 3 is 1.96 bits per heavy atom. The van der Waals surface area contributed by atoms with Gasteiger partial charge in [-0.1, -0.05) is 64.7 Å². The maximum atomic E-state index is 11.5. The summed E-state index contributed by atoms with van der Waals surface area (Å²) in [6.45, 7) is 2.87. The number of benzene rings is 1. The summed E-state index contributed by atoms with van der Waals surface area (Å²) in [5.41, 5.74) is 6.24. The fourth-order valence-corrected chi connectivity index (χ4v) is 3.32. The molecule has 0 saturated heterocycles. The molecule has 0 bridgehead atoms. The van der Waals surface area contributed by atoms with Crippen molar-refractivity contribution < 1.29 is 13.2 Å². The molecule has 0 aliphatic rings. The molecule has 0 atom stereocenters. The van der Waals surface area contributed by atoms with Gasteiger partial charge in [0.05, 0.1) is 17.2 Å². The Balaban J connectivity index is 2.11. The molecule has 0 spiro atoms. The molecule has 0 unspecified atom stereocenters. The first-order valence-electron chi connectivity index (χ1n) is 9.17. The molecule has 5 heteroatoms. The van der Waals surface area contributed by atoms with Crippen molar-refractivity contribution in [3.05, 3.63) is 18.2 Å². The van der Waals surface area contributed by atoms with E-state index in [1.54, 1.807) is 12.1 Å². The molecule has 0 radical (unpaired) electrons. The molecule has 1 aromatic rings. The van der Waals surface area contributed by atoms with E-state index < -0.39 is 9.84 Å². The third-order valence-electron chi connectivity index (χ3n) is 4.16. The van der Waals surface area contributed by atoms with Gasteiger partial charge in [0.2, 0.25) is 0 Å². The van der Waals surface area contributed by atoms with Crippen molar-refractivity contribution in [1.82, 2.24) is 0 Å². The van der Waals surface area contributed by atoms with Gasteiger partial charge in [0.15, 0.2) is 9.84 Å². The van der Waals surface area contributed by atoms with Crippen molar-refractivity contribution in [2.24, 2.45) is 0 Å². The molecule has 138 valence electrons. The molecule has 1 rings (SSSR count). The van der Waals surface area contributed by atoms with E-state index in [2.05, 4.69) is 6.92 Å². The second kappa shape index (κ2) is 11.3. The second-order valence-corrected chi connectivity index (χ2v) is 8.52. The monoisotopic (exact) mass is 355 g/mol. The van der Waals surface area contributed by atoms with E-state index in [-0.39, 0.29) is 4.90 Å². The van der Waals surface area contributed by atoms with E-state index in [1.165, 1.54) is 63.7 Å². The largest absolute Gasteiger partial charge is 0.491 e. The Labute approximate surface area is 147 Å². The van der Waals surface area contributed by atoms with Crippen molar-refractivity contribution in [2.45, 2.75) is 76.0 Å². The summed E-state index contributed by atoms with van der Waals surface area (Å²) in [5, 5.41) is 0. The lowest BCUT2D eigenvalue weighted by molar-refractivity contribution is 0.305. The van der Waals surface area contributed by atoms with Gasteiger partial charge >= 0.3 is 0 Å². The molecule has 2 N–H and O–H groups in total. The number of hydrogen-bond donors (Lipinski definition) is 1. The summed E-state index contributed by atoms with van der Waals surface area (Å²) >= 11 is 0. The summed E-state index contributed by atoms with van der Waals surface area (Å²) in [4.78, 5) is 0.228. The number of nitrogens with two attached hydrogens (primary N) is 1. The van der Waals surface area contributed by atoms with Crippen LogP contribution in [-0.2, 0) is 9.84 Å². The molecule has 0 aromatic heterocycles. The first-order chi connectivity index (χ1) is 11.4. The van der Waals surface area contributed by atoms with Crippen LogP contribution in [0.15, 0.2) is 23.1 Å². The minimum absolute atomic E-state index is 0.228. The second-order valence-electron chi connectivity index (χ2n) is 6.50. The van der Waals surface area contributed by atoms with E-state index in [1.807, 2.05) is 0 Å². The van der Waals surface area contributed by atoms with Crippen LogP contribution in [0.25, 0.3) is 0 Å². The topological polar surface area (TPSA) is 69.4 Å². The van der Waals surface area contributed by atoms with E-state index in [9.17, 15) is 8.42 Å². The summed E-state index contributed by atoms with van der Waals surface area (Å²) in [5.74, 6) is 0.568. The lowest BCUT2D eigenvalue weighted by Gasteiger charge is -2.10. The minimum Gasteiger partial charge on any atom is -0.491 e. The average molecular weight is 356 g/mol. The third-order valence-corrected chi connectivity index (χ3v) is 5.28. The molecular formula is C19H33NO3S. The highest BCUT2D eigenvalue weighted by Crippen LogP contribution is 2.25. The third kappa shape index (κ3) is 8.57. The molecular weight excluding hydrogens is 322 g/mol. The van der Waals surface area contributed by atoms with Crippen molar-refractivity contribution in [2.75, 3.05) is 18.6 Å². The van der Waals surface area contributed by atoms with Gasteiger partial charge in [-0.15, -0.1) is 0 Å². The van der Waals surface area contributed by atoms with Gasteiger partial charge in [-0.25, -0.2) is 8.42 Å². The Morgan fingerprint density at radius 1 is 0.917 bits per heavy atom. The Kier molecular flexibility index (Phi) is 9.84. The average Bonchev–Trinajstić information content (AvgIpc) is 2.53. The minimum atomic E-state index is -3.22. The maximum Gasteiger partial charge on any atom is 0.175 e. The Bertz CT molecular complexity index is 570. The van der Waals surface area contributed by atoms with Crippen LogP contribution in [0.2, 0.25) is 0 Å².